The minimum absolute atomic E-state index is 0.867. The van der Waals surface area contributed by atoms with Crippen LogP contribution in [0.5, 0.6) is 0 Å². The van der Waals surface area contributed by atoms with Crippen molar-refractivity contribution in [3.8, 4) is 0 Å². The summed E-state index contributed by atoms with van der Waals surface area (Å²) in [5, 5.41) is 0. The molecule has 0 aliphatic heterocycles. The van der Waals surface area contributed by atoms with Crippen molar-refractivity contribution in [1.82, 2.24) is 0 Å². The van der Waals surface area contributed by atoms with Crippen LogP contribution in [-0.4, -0.2) is 43.6 Å². The van der Waals surface area contributed by atoms with Crippen LogP contribution >= 0.6 is 0 Å². The van der Waals surface area contributed by atoms with Gasteiger partial charge in [-0.05, 0) is 12.8 Å². The van der Waals surface area contributed by atoms with Gasteiger partial charge in [-0.25, -0.2) is 4.79 Å². The van der Waals surface area contributed by atoms with Crippen LogP contribution in [0.3, 0.4) is 0 Å². The van der Waals surface area contributed by atoms with Crippen LogP contribution in [-0.2, 0) is 9.47 Å². The second-order valence-corrected chi connectivity index (χ2v) is 4.56. The first kappa shape index (κ1) is 22.6. The SMILES string of the molecule is O=C(OCCCC(F)(F)C(F)(F)F)OCCCC(F)(F)C(F)(F)F. The average Bonchev–Trinajstić information content (AvgIpc) is 2.37. The molecule has 13 heteroatoms. The number of halogens is 10. The molecule has 0 unspecified atom stereocenters. The van der Waals surface area contributed by atoms with Gasteiger partial charge in [-0.15, -0.1) is 0 Å². The van der Waals surface area contributed by atoms with Crippen molar-refractivity contribution < 1.29 is 58.2 Å². The van der Waals surface area contributed by atoms with E-state index in [0.29, 0.717) is 0 Å². The summed E-state index contributed by atoms with van der Waals surface area (Å²) >= 11 is 0. The van der Waals surface area contributed by atoms with E-state index in [1.54, 1.807) is 0 Å². The highest BCUT2D eigenvalue weighted by Crippen LogP contribution is 2.39. The van der Waals surface area contributed by atoms with E-state index >= 15 is 0 Å². The van der Waals surface area contributed by atoms with Crippen molar-refractivity contribution in [2.75, 3.05) is 13.2 Å². The Balaban J connectivity index is 3.90. The first-order chi connectivity index (χ1) is 10.6. The van der Waals surface area contributed by atoms with E-state index in [-0.39, 0.29) is 0 Å². The lowest BCUT2D eigenvalue weighted by Crippen LogP contribution is -2.36. The molecule has 0 saturated heterocycles. The lowest BCUT2D eigenvalue weighted by atomic mass is 10.2. The van der Waals surface area contributed by atoms with Crippen molar-refractivity contribution in [2.24, 2.45) is 0 Å². The van der Waals surface area contributed by atoms with E-state index < -0.39 is 69.3 Å². The summed E-state index contributed by atoms with van der Waals surface area (Å²) in [5.41, 5.74) is 0. The largest absolute Gasteiger partial charge is 0.508 e. The summed E-state index contributed by atoms with van der Waals surface area (Å²) in [4.78, 5) is 10.8. The highest BCUT2D eigenvalue weighted by molar-refractivity contribution is 5.59. The maximum atomic E-state index is 12.5. The number of alkyl halides is 10. The minimum Gasteiger partial charge on any atom is -0.434 e. The zero-order chi connectivity index (χ0) is 19.2. The fourth-order valence-corrected chi connectivity index (χ4v) is 1.22. The molecule has 0 fully saturated rings. The number of hydrogen-bond acceptors (Lipinski definition) is 3. The molecule has 0 heterocycles. The molecule has 0 rings (SSSR count). The first-order valence-corrected chi connectivity index (χ1v) is 6.29. The van der Waals surface area contributed by atoms with Crippen LogP contribution < -0.4 is 0 Å². The van der Waals surface area contributed by atoms with Crippen LogP contribution in [0.25, 0.3) is 0 Å². The molecule has 0 aliphatic carbocycles. The number of ether oxygens (including phenoxy) is 2. The smallest absolute Gasteiger partial charge is 0.434 e. The van der Waals surface area contributed by atoms with Crippen molar-refractivity contribution in [1.29, 1.82) is 0 Å². The molecule has 0 amide bonds. The predicted octanol–water partition coefficient (Wildman–Crippen LogP) is 5.10. The second-order valence-electron chi connectivity index (χ2n) is 4.56. The molecule has 0 radical (unpaired) electrons. The number of rotatable bonds is 8. The van der Waals surface area contributed by atoms with Crippen LogP contribution in [0, 0.1) is 0 Å². The third-order valence-electron chi connectivity index (χ3n) is 2.54. The molecule has 24 heavy (non-hydrogen) atoms. The third-order valence-corrected chi connectivity index (χ3v) is 2.54. The minimum atomic E-state index is -5.75. The summed E-state index contributed by atoms with van der Waals surface area (Å²) in [5.74, 6) is -9.94. The van der Waals surface area contributed by atoms with Crippen LogP contribution in [0.2, 0.25) is 0 Å². The molecule has 0 bridgehead atoms. The third kappa shape index (κ3) is 7.43. The lowest BCUT2D eigenvalue weighted by molar-refractivity contribution is -0.285. The van der Waals surface area contributed by atoms with Gasteiger partial charge in [0.15, 0.2) is 0 Å². The van der Waals surface area contributed by atoms with Crippen molar-refractivity contribution in [3.05, 3.63) is 0 Å². The Bertz CT molecular complexity index is 366. The molecule has 3 nitrogen and oxygen atoms in total. The van der Waals surface area contributed by atoms with Crippen molar-refractivity contribution in [3.63, 3.8) is 0 Å². The summed E-state index contributed by atoms with van der Waals surface area (Å²) in [7, 11) is 0. The molecular weight excluding hydrogens is 370 g/mol. The van der Waals surface area contributed by atoms with E-state index in [4.69, 9.17) is 0 Å². The second kappa shape index (κ2) is 8.10. The van der Waals surface area contributed by atoms with Gasteiger partial charge in [-0.2, -0.15) is 43.9 Å². The van der Waals surface area contributed by atoms with Gasteiger partial charge in [-0.1, -0.05) is 0 Å². The molecule has 144 valence electrons. The number of carbonyl (C=O) groups is 1. The van der Waals surface area contributed by atoms with Crippen LogP contribution in [0.4, 0.5) is 48.7 Å². The monoisotopic (exact) mass is 382 g/mol. The van der Waals surface area contributed by atoms with Crippen LogP contribution in [0.1, 0.15) is 25.7 Å². The molecule has 0 aromatic carbocycles. The van der Waals surface area contributed by atoms with Gasteiger partial charge < -0.3 is 9.47 Å². The normalized spacial score (nSPS) is 13.8. The molecule has 0 spiro atoms. The molecule has 0 atom stereocenters. The maximum absolute atomic E-state index is 12.5. The summed E-state index contributed by atoms with van der Waals surface area (Å²) in [6.07, 6.45) is -18.1. The number of hydrogen-bond donors (Lipinski definition) is 0. The van der Waals surface area contributed by atoms with E-state index in [0.717, 1.165) is 0 Å². The Morgan fingerprint density at radius 2 is 0.917 bits per heavy atom. The molecule has 0 aromatic rings. The Morgan fingerprint density at radius 3 is 1.17 bits per heavy atom. The van der Waals surface area contributed by atoms with E-state index in [2.05, 4.69) is 9.47 Å². The fourth-order valence-electron chi connectivity index (χ4n) is 1.22. The van der Waals surface area contributed by atoms with Gasteiger partial charge in [0.2, 0.25) is 0 Å². The van der Waals surface area contributed by atoms with Gasteiger partial charge in [0.1, 0.15) is 0 Å². The van der Waals surface area contributed by atoms with Crippen molar-refractivity contribution in [2.45, 2.75) is 49.9 Å². The van der Waals surface area contributed by atoms with Gasteiger partial charge in [-0.3, -0.25) is 0 Å². The Morgan fingerprint density at radius 1 is 0.625 bits per heavy atom. The van der Waals surface area contributed by atoms with E-state index in [1.807, 2.05) is 0 Å². The highest BCUT2D eigenvalue weighted by Gasteiger charge is 2.57. The van der Waals surface area contributed by atoms with E-state index in [9.17, 15) is 48.7 Å². The first-order valence-electron chi connectivity index (χ1n) is 6.29. The van der Waals surface area contributed by atoms with E-state index in [1.165, 1.54) is 0 Å². The molecule has 0 aromatic heterocycles. The molecule has 0 aliphatic rings. The highest BCUT2D eigenvalue weighted by atomic mass is 19.4. The fraction of sp³-hybridized carbons (Fsp3) is 0.909. The van der Waals surface area contributed by atoms with Gasteiger partial charge in [0, 0.05) is 12.8 Å². The van der Waals surface area contributed by atoms with Crippen LogP contribution in [0.15, 0.2) is 0 Å². The zero-order valence-corrected chi connectivity index (χ0v) is 11.7. The number of carbonyl (C=O) groups excluding carboxylic acids is 1. The molecule has 0 saturated carbocycles. The standard InChI is InChI=1S/C11H12F10O3/c12-8(13,10(16,17)18)3-1-5-23-7(22)24-6-2-4-9(14,15)11(19,20)21/h1-6H2. The maximum Gasteiger partial charge on any atom is 0.508 e. The van der Waals surface area contributed by atoms with Gasteiger partial charge in [0.25, 0.3) is 0 Å². The van der Waals surface area contributed by atoms with Gasteiger partial charge >= 0.3 is 30.4 Å². The Kier molecular flexibility index (Phi) is 7.62. The Labute approximate surface area is 128 Å². The predicted molar refractivity (Wildman–Crippen MR) is 57.8 cm³/mol. The average molecular weight is 382 g/mol. The topological polar surface area (TPSA) is 35.5 Å². The quantitative estimate of drug-likeness (QED) is 0.333. The molecule has 0 N–H and O–H groups in total. The summed E-state index contributed by atoms with van der Waals surface area (Å²) < 4.78 is 129. The van der Waals surface area contributed by atoms with Gasteiger partial charge in [0.05, 0.1) is 13.2 Å². The lowest BCUT2D eigenvalue weighted by Gasteiger charge is -2.19. The molecular formula is C11H12F10O3. The summed E-state index contributed by atoms with van der Waals surface area (Å²) in [6, 6.07) is 0. The zero-order valence-electron chi connectivity index (χ0n) is 11.7. The van der Waals surface area contributed by atoms with Crippen molar-refractivity contribution >= 4 is 6.16 Å². The Hall–Kier alpha value is -1.43. The summed E-state index contributed by atoms with van der Waals surface area (Å²) in [6.45, 7) is -1.74.